The first-order valence-electron chi connectivity index (χ1n) is 6.40. The lowest BCUT2D eigenvalue weighted by atomic mass is 10.1. The van der Waals surface area contributed by atoms with Crippen LogP contribution in [0.3, 0.4) is 0 Å². The summed E-state index contributed by atoms with van der Waals surface area (Å²) in [6.07, 6.45) is -5.33. The average molecular weight is 301 g/mol. The van der Waals surface area contributed by atoms with Crippen molar-refractivity contribution in [3.63, 3.8) is 0 Å². The van der Waals surface area contributed by atoms with Gasteiger partial charge >= 0.3 is 0 Å². The van der Waals surface area contributed by atoms with Crippen LogP contribution in [0.15, 0.2) is 4.79 Å². The van der Waals surface area contributed by atoms with E-state index in [-0.39, 0.29) is 24.1 Å². The molecule has 1 saturated heterocycles. The minimum absolute atomic E-state index is 0.0910. The van der Waals surface area contributed by atoms with Crippen molar-refractivity contribution in [1.29, 1.82) is 0 Å². The summed E-state index contributed by atoms with van der Waals surface area (Å²) >= 11 is 0. The maximum atomic E-state index is 14.2. The molecule has 4 atom stereocenters. The number of H-pyrrole nitrogens is 1. The summed E-state index contributed by atoms with van der Waals surface area (Å²) in [4.78, 5) is 21.3. The van der Waals surface area contributed by atoms with Crippen molar-refractivity contribution in [3.05, 3.63) is 10.4 Å². The van der Waals surface area contributed by atoms with E-state index in [1.165, 1.54) is 4.90 Å². The molecule has 1 fully saturated rings. The van der Waals surface area contributed by atoms with E-state index in [0.29, 0.717) is 0 Å². The second kappa shape index (κ2) is 4.83. The number of nitrogens with zero attached hydrogens (tertiary/aromatic N) is 3. The summed E-state index contributed by atoms with van der Waals surface area (Å²) < 4.78 is 19.5. The van der Waals surface area contributed by atoms with Gasteiger partial charge in [0.25, 0.3) is 5.56 Å². The molecule has 0 aliphatic carbocycles. The summed E-state index contributed by atoms with van der Waals surface area (Å²) in [5, 5.41) is 18.8. The molecule has 21 heavy (non-hydrogen) atoms. The van der Waals surface area contributed by atoms with Crippen LogP contribution in [0.2, 0.25) is 0 Å². The number of ether oxygens (including phenoxy) is 1. The fourth-order valence-corrected chi connectivity index (χ4v) is 2.69. The number of hydrogen-bond donors (Lipinski definition) is 4. The number of aliphatic hydroxyl groups is 2. The first kappa shape index (κ1) is 14.0. The number of halogens is 1. The maximum absolute atomic E-state index is 14.2. The van der Waals surface area contributed by atoms with Crippen molar-refractivity contribution in [2.75, 3.05) is 35.9 Å². The van der Waals surface area contributed by atoms with Crippen LogP contribution >= 0.6 is 0 Å². The molecule has 9 nitrogen and oxygen atoms in total. The smallest absolute Gasteiger partial charge is 0.278 e. The average Bonchev–Trinajstić information content (AvgIpc) is 2.89. The van der Waals surface area contributed by atoms with Crippen LogP contribution < -0.4 is 21.1 Å². The zero-order chi connectivity index (χ0) is 15.3. The van der Waals surface area contributed by atoms with Crippen LogP contribution in [-0.2, 0) is 4.74 Å². The number of aromatic nitrogens is 2. The van der Waals surface area contributed by atoms with E-state index in [1.54, 1.807) is 11.9 Å². The number of alkyl halides is 1. The van der Waals surface area contributed by atoms with Crippen LogP contribution in [0, 0.1) is 0 Å². The number of fused-ring (bicyclic) bond motifs is 1. The molecule has 0 spiro atoms. The second-order valence-corrected chi connectivity index (χ2v) is 5.12. The Hall–Kier alpha value is -1.91. The van der Waals surface area contributed by atoms with Crippen LogP contribution in [0.25, 0.3) is 0 Å². The molecular formula is C11H16FN5O4. The van der Waals surface area contributed by atoms with Gasteiger partial charge in [-0.1, -0.05) is 0 Å². The lowest BCUT2D eigenvalue weighted by Crippen LogP contribution is -2.43. The predicted molar refractivity (Wildman–Crippen MR) is 71.7 cm³/mol. The fraction of sp³-hybridized carbons (Fsp3) is 0.636. The normalized spacial score (nSPS) is 31.8. The number of anilines is 3. The van der Waals surface area contributed by atoms with Crippen molar-refractivity contribution >= 4 is 17.5 Å². The summed E-state index contributed by atoms with van der Waals surface area (Å²) in [6, 6.07) is 0. The Morgan fingerprint density at radius 3 is 2.95 bits per heavy atom. The molecule has 2 aliphatic heterocycles. The third-order valence-electron chi connectivity index (χ3n) is 3.69. The number of nitrogen functional groups attached to an aromatic ring is 1. The highest BCUT2D eigenvalue weighted by Crippen LogP contribution is 2.36. The van der Waals surface area contributed by atoms with Gasteiger partial charge in [0.1, 0.15) is 17.9 Å². The maximum Gasteiger partial charge on any atom is 0.278 e. The van der Waals surface area contributed by atoms with Gasteiger partial charge in [0.05, 0.1) is 13.3 Å². The highest BCUT2D eigenvalue weighted by atomic mass is 19.1. The minimum atomic E-state index is -1.73. The van der Waals surface area contributed by atoms with Crippen LogP contribution in [0.4, 0.5) is 21.8 Å². The van der Waals surface area contributed by atoms with Gasteiger partial charge in [-0.3, -0.25) is 9.78 Å². The lowest BCUT2D eigenvalue weighted by Gasteiger charge is -2.26. The fourth-order valence-electron chi connectivity index (χ4n) is 2.69. The van der Waals surface area contributed by atoms with Crippen molar-refractivity contribution in [2.24, 2.45) is 0 Å². The third-order valence-corrected chi connectivity index (χ3v) is 3.69. The highest BCUT2D eigenvalue weighted by Gasteiger charge is 2.49. The number of nitrogens with two attached hydrogens (primary N) is 1. The molecule has 1 aromatic rings. The van der Waals surface area contributed by atoms with Crippen LogP contribution in [0.1, 0.15) is 0 Å². The Morgan fingerprint density at radius 2 is 2.33 bits per heavy atom. The standard InChI is InChI=1S/C11H16FN5O4/c1-16-3-17(8-6(16)9(20)15-11(13)14-8)10-5(12)7(19)4(2-18)21-10/h4-5,7,10,18-19H,2-3H2,1H3,(H3,13,14,15,20)/t4-,5-,7-,10-/m1/s1. The molecule has 0 unspecified atom stereocenters. The Kier molecular flexibility index (Phi) is 3.23. The van der Waals surface area contributed by atoms with Gasteiger partial charge in [-0.2, -0.15) is 4.98 Å². The predicted octanol–water partition coefficient (Wildman–Crippen LogP) is -2.02. The summed E-state index contributed by atoms with van der Waals surface area (Å²) in [6.45, 7) is -0.343. The molecule has 2 aliphatic rings. The summed E-state index contributed by atoms with van der Waals surface area (Å²) in [7, 11) is 1.65. The topological polar surface area (TPSA) is 128 Å². The van der Waals surface area contributed by atoms with Gasteiger partial charge in [-0.15, -0.1) is 0 Å². The van der Waals surface area contributed by atoms with E-state index in [1.807, 2.05) is 0 Å². The monoisotopic (exact) mass is 301 g/mol. The van der Waals surface area contributed by atoms with Crippen molar-refractivity contribution < 1.29 is 19.3 Å². The molecule has 3 heterocycles. The second-order valence-electron chi connectivity index (χ2n) is 5.12. The summed E-state index contributed by atoms with van der Waals surface area (Å²) in [5.74, 6) is 0.101. The van der Waals surface area contributed by atoms with Crippen LogP contribution in [-0.4, -0.2) is 65.1 Å². The molecular weight excluding hydrogens is 285 g/mol. The SMILES string of the molecule is CN1CN([C@@H]2O[C@H](CO)[C@@H](O)[C@H]2F)c2nc(N)[nH]c(=O)c21. The number of aliphatic hydroxyl groups excluding tert-OH is 2. The molecule has 0 saturated carbocycles. The van der Waals surface area contributed by atoms with Gasteiger partial charge in [-0.25, -0.2) is 4.39 Å². The van der Waals surface area contributed by atoms with Gasteiger partial charge in [0.2, 0.25) is 5.95 Å². The quantitative estimate of drug-likeness (QED) is 0.493. The number of aromatic amines is 1. The van der Waals surface area contributed by atoms with Crippen molar-refractivity contribution in [3.8, 4) is 0 Å². The first-order chi connectivity index (χ1) is 9.93. The molecule has 3 rings (SSSR count). The molecule has 0 radical (unpaired) electrons. The zero-order valence-electron chi connectivity index (χ0n) is 11.2. The van der Waals surface area contributed by atoms with Crippen LogP contribution in [0.5, 0.6) is 0 Å². The van der Waals surface area contributed by atoms with E-state index in [0.717, 1.165) is 0 Å². The van der Waals surface area contributed by atoms with Gasteiger partial charge in [-0.05, 0) is 0 Å². The van der Waals surface area contributed by atoms with Gasteiger partial charge in [0, 0.05) is 7.05 Å². The van der Waals surface area contributed by atoms with Gasteiger partial charge < -0.3 is 30.5 Å². The minimum Gasteiger partial charge on any atom is -0.394 e. The molecule has 0 aromatic carbocycles. The molecule has 1 aromatic heterocycles. The molecule has 5 N–H and O–H groups in total. The number of rotatable bonds is 2. The van der Waals surface area contributed by atoms with E-state index >= 15 is 0 Å². The molecule has 10 heteroatoms. The van der Waals surface area contributed by atoms with Crippen molar-refractivity contribution in [2.45, 2.75) is 24.6 Å². The lowest BCUT2D eigenvalue weighted by molar-refractivity contribution is -0.0220. The van der Waals surface area contributed by atoms with E-state index in [9.17, 15) is 14.3 Å². The highest BCUT2D eigenvalue weighted by molar-refractivity contribution is 5.72. The zero-order valence-corrected chi connectivity index (χ0v) is 11.2. The number of hydrogen-bond acceptors (Lipinski definition) is 8. The first-order valence-corrected chi connectivity index (χ1v) is 6.40. The van der Waals surface area contributed by atoms with E-state index in [4.69, 9.17) is 15.6 Å². The van der Waals surface area contributed by atoms with E-state index in [2.05, 4.69) is 9.97 Å². The largest absolute Gasteiger partial charge is 0.394 e. The van der Waals surface area contributed by atoms with Gasteiger partial charge in [0.15, 0.2) is 18.2 Å². The Bertz CT molecular complexity index is 611. The Balaban J connectivity index is 1.99. The molecule has 0 amide bonds. The number of nitrogens with one attached hydrogen (secondary N) is 1. The van der Waals surface area contributed by atoms with E-state index < -0.39 is 36.8 Å². The molecule has 0 bridgehead atoms. The van der Waals surface area contributed by atoms with Crippen molar-refractivity contribution in [1.82, 2.24) is 9.97 Å². The summed E-state index contributed by atoms with van der Waals surface area (Å²) in [5.41, 5.74) is 5.33. The molecule has 116 valence electrons. The third kappa shape index (κ3) is 2.03. The Labute approximate surface area is 118 Å². The Morgan fingerprint density at radius 1 is 1.62 bits per heavy atom.